The maximum absolute atomic E-state index is 14.9. The minimum Gasteiger partial charge on any atom is -0.409 e. The Labute approximate surface area is 140 Å². The first-order chi connectivity index (χ1) is 11.2. The third kappa shape index (κ3) is 2.81. The van der Waals surface area contributed by atoms with Crippen molar-refractivity contribution in [3.05, 3.63) is 34.1 Å². The van der Waals surface area contributed by atoms with E-state index >= 15 is 0 Å². The van der Waals surface area contributed by atoms with E-state index in [1.807, 2.05) is 0 Å². The number of halogens is 2. The molecule has 0 spiro atoms. The van der Waals surface area contributed by atoms with Gasteiger partial charge in [0.05, 0.1) is 5.56 Å². The van der Waals surface area contributed by atoms with Gasteiger partial charge < -0.3 is 15.4 Å². The van der Waals surface area contributed by atoms with Crippen LogP contribution in [0.3, 0.4) is 0 Å². The zero-order valence-electron chi connectivity index (χ0n) is 12.9. The van der Waals surface area contributed by atoms with Crippen LogP contribution in [0, 0.1) is 11.7 Å². The zero-order valence-corrected chi connectivity index (χ0v) is 13.7. The van der Waals surface area contributed by atoms with Crippen LogP contribution in [0.5, 0.6) is 0 Å². The Hall–Kier alpha value is -1.33. The summed E-state index contributed by atoms with van der Waals surface area (Å²) in [7, 11) is 0. The van der Waals surface area contributed by atoms with Crippen molar-refractivity contribution in [2.75, 3.05) is 19.6 Å². The van der Waals surface area contributed by atoms with E-state index in [-0.39, 0.29) is 23.6 Å². The number of rotatable bonds is 3. The second-order valence-electron chi connectivity index (χ2n) is 6.93. The van der Waals surface area contributed by atoms with Gasteiger partial charge in [0, 0.05) is 23.2 Å². The van der Waals surface area contributed by atoms with E-state index in [0.29, 0.717) is 22.1 Å². The predicted octanol–water partition coefficient (Wildman–Crippen LogP) is 3.18. The first-order valence-corrected chi connectivity index (χ1v) is 8.74. The van der Waals surface area contributed by atoms with Gasteiger partial charge in [0.25, 0.3) is 0 Å². The molecule has 23 heavy (non-hydrogen) atoms. The fourth-order valence-electron chi connectivity index (χ4n) is 3.96. The molecule has 3 heterocycles. The molecule has 4 aliphatic rings. The molecule has 3 saturated heterocycles. The van der Waals surface area contributed by atoms with Crippen LogP contribution < -0.4 is 5.32 Å². The van der Waals surface area contributed by atoms with Crippen molar-refractivity contribution < 1.29 is 9.60 Å². The molecule has 0 aromatic heterocycles. The number of piperidine rings is 3. The number of nitrogens with zero attached hydrogens (tertiary/aromatic N) is 2. The largest absolute Gasteiger partial charge is 0.409 e. The van der Waals surface area contributed by atoms with E-state index in [2.05, 4.69) is 15.4 Å². The van der Waals surface area contributed by atoms with Crippen molar-refractivity contribution in [3.63, 3.8) is 0 Å². The fraction of sp³-hybridized carbons (Fsp3) is 0.588. The van der Waals surface area contributed by atoms with Gasteiger partial charge in [-0.1, -0.05) is 16.8 Å². The number of benzene rings is 1. The molecule has 1 saturated carbocycles. The Bertz CT molecular complexity index is 639. The van der Waals surface area contributed by atoms with Crippen molar-refractivity contribution in [1.29, 1.82) is 0 Å². The molecule has 2 bridgehead atoms. The Morgan fingerprint density at radius 1 is 1.26 bits per heavy atom. The summed E-state index contributed by atoms with van der Waals surface area (Å²) in [6.45, 7) is 3.19. The van der Waals surface area contributed by atoms with Gasteiger partial charge in [-0.25, -0.2) is 4.39 Å². The fourth-order valence-corrected chi connectivity index (χ4v) is 4.26. The third-order valence-corrected chi connectivity index (χ3v) is 5.78. The van der Waals surface area contributed by atoms with E-state index in [4.69, 9.17) is 11.6 Å². The van der Waals surface area contributed by atoms with Gasteiger partial charge in [-0.3, -0.25) is 0 Å². The quantitative estimate of drug-likeness (QED) is 0.385. The highest BCUT2D eigenvalue weighted by molar-refractivity contribution is 6.31. The SMILES string of the molecule is O/N=C(/N[C@H]1CN2CCC1CC2)c1ccc(Cl)c(C2CC2)c1F. The van der Waals surface area contributed by atoms with Gasteiger partial charge in [-0.2, -0.15) is 0 Å². The first kappa shape index (κ1) is 15.2. The Morgan fingerprint density at radius 2 is 2.00 bits per heavy atom. The molecule has 0 amide bonds. The van der Waals surface area contributed by atoms with Gasteiger partial charge in [0.1, 0.15) is 5.82 Å². The maximum atomic E-state index is 14.9. The molecule has 4 fully saturated rings. The van der Waals surface area contributed by atoms with Crippen molar-refractivity contribution in [2.24, 2.45) is 11.1 Å². The molecule has 1 aromatic carbocycles. The molecule has 0 unspecified atom stereocenters. The van der Waals surface area contributed by atoms with E-state index in [1.165, 1.54) is 0 Å². The molecule has 3 aliphatic heterocycles. The van der Waals surface area contributed by atoms with Crippen LogP contribution in [0.15, 0.2) is 17.3 Å². The summed E-state index contributed by atoms with van der Waals surface area (Å²) in [5.41, 5.74) is 0.885. The number of hydrogen-bond donors (Lipinski definition) is 2. The standard InChI is InChI=1S/C17H21ClFN3O/c18-13-4-3-12(16(19)15(13)11-1-2-11)17(21-23)20-14-9-22-7-5-10(14)6-8-22/h3-4,10-11,14,23H,1-2,5-9H2,(H,20,21)/t14-/m0/s1. The third-order valence-electron chi connectivity index (χ3n) is 5.45. The summed E-state index contributed by atoms with van der Waals surface area (Å²) in [5.74, 6) is 0.649. The number of oxime groups is 1. The van der Waals surface area contributed by atoms with Crippen molar-refractivity contribution in [1.82, 2.24) is 10.2 Å². The molecule has 1 atom stereocenters. The van der Waals surface area contributed by atoms with Gasteiger partial charge in [0.15, 0.2) is 5.84 Å². The van der Waals surface area contributed by atoms with E-state index in [9.17, 15) is 9.60 Å². The molecule has 6 heteroatoms. The molecule has 0 radical (unpaired) electrons. The second kappa shape index (κ2) is 5.95. The number of nitrogens with one attached hydrogen (secondary N) is 1. The molecule has 4 nitrogen and oxygen atoms in total. The molecule has 1 aliphatic carbocycles. The van der Waals surface area contributed by atoms with E-state index in [1.54, 1.807) is 12.1 Å². The van der Waals surface area contributed by atoms with Crippen molar-refractivity contribution >= 4 is 17.4 Å². The smallest absolute Gasteiger partial charge is 0.175 e. The average Bonchev–Trinajstić information content (AvgIpc) is 3.39. The van der Waals surface area contributed by atoms with Gasteiger partial charge >= 0.3 is 0 Å². The molecular formula is C17H21ClFN3O. The zero-order chi connectivity index (χ0) is 16.0. The van der Waals surface area contributed by atoms with Gasteiger partial charge in [-0.05, 0) is 62.7 Å². The lowest BCUT2D eigenvalue weighted by molar-refractivity contribution is 0.0808. The Morgan fingerprint density at radius 3 is 2.57 bits per heavy atom. The summed E-state index contributed by atoms with van der Waals surface area (Å²) >= 11 is 6.16. The topological polar surface area (TPSA) is 47.9 Å². The first-order valence-electron chi connectivity index (χ1n) is 8.36. The lowest BCUT2D eigenvalue weighted by Gasteiger charge is -2.45. The van der Waals surface area contributed by atoms with Crippen LogP contribution in [0.25, 0.3) is 0 Å². The highest BCUT2D eigenvalue weighted by Gasteiger charge is 2.36. The van der Waals surface area contributed by atoms with Crippen LogP contribution in [-0.2, 0) is 0 Å². The van der Waals surface area contributed by atoms with Crippen molar-refractivity contribution in [2.45, 2.75) is 37.6 Å². The Kier molecular flexibility index (Phi) is 3.93. The summed E-state index contributed by atoms with van der Waals surface area (Å²) in [5, 5.41) is 16.5. The minimum atomic E-state index is -0.346. The molecule has 1 aromatic rings. The highest BCUT2D eigenvalue weighted by Crippen LogP contribution is 2.45. The summed E-state index contributed by atoms with van der Waals surface area (Å²) < 4.78 is 14.9. The molecule has 2 N–H and O–H groups in total. The van der Waals surface area contributed by atoms with Crippen LogP contribution >= 0.6 is 11.6 Å². The molecule has 124 valence electrons. The average molecular weight is 338 g/mol. The normalized spacial score (nSPS) is 30.5. The molecule has 5 rings (SSSR count). The summed E-state index contributed by atoms with van der Waals surface area (Å²) in [6, 6.07) is 3.52. The minimum absolute atomic E-state index is 0.208. The maximum Gasteiger partial charge on any atom is 0.175 e. The lowest BCUT2D eigenvalue weighted by atomic mass is 9.84. The van der Waals surface area contributed by atoms with Crippen LogP contribution in [0.2, 0.25) is 5.02 Å². The van der Waals surface area contributed by atoms with Gasteiger partial charge in [0.2, 0.25) is 0 Å². The van der Waals surface area contributed by atoms with Crippen LogP contribution in [0.1, 0.15) is 42.7 Å². The summed E-state index contributed by atoms with van der Waals surface area (Å²) in [4.78, 5) is 2.40. The van der Waals surface area contributed by atoms with Crippen LogP contribution in [0.4, 0.5) is 4.39 Å². The van der Waals surface area contributed by atoms with Crippen LogP contribution in [-0.4, -0.2) is 41.6 Å². The molecular weight excluding hydrogens is 317 g/mol. The predicted molar refractivity (Wildman–Crippen MR) is 87.8 cm³/mol. The van der Waals surface area contributed by atoms with E-state index in [0.717, 1.165) is 45.3 Å². The number of amidine groups is 1. The lowest BCUT2D eigenvalue weighted by Crippen LogP contribution is -2.57. The highest BCUT2D eigenvalue weighted by atomic mass is 35.5. The Balaban J connectivity index is 1.59. The second-order valence-corrected chi connectivity index (χ2v) is 7.34. The van der Waals surface area contributed by atoms with E-state index < -0.39 is 0 Å². The van der Waals surface area contributed by atoms with Crippen molar-refractivity contribution in [3.8, 4) is 0 Å². The monoisotopic (exact) mass is 337 g/mol. The number of fused-ring (bicyclic) bond motifs is 3. The van der Waals surface area contributed by atoms with Gasteiger partial charge in [-0.15, -0.1) is 0 Å². The summed E-state index contributed by atoms with van der Waals surface area (Å²) in [6.07, 6.45) is 4.23. The number of hydrogen-bond acceptors (Lipinski definition) is 3.